The van der Waals surface area contributed by atoms with Crippen molar-refractivity contribution in [2.75, 3.05) is 13.1 Å². The van der Waals surface area contributed by atoms with E-state index in [1.54, 1.807) is 12.4 Å². The Morgan fingerprint density at radius 3 is 2.19 bits per heavy atom. The molecule has 5 nitrogen and oxygen atoms in total. The molecular weight excluding hydrogens is 398 g/mol. The maximum absolute atomic E-state index is 13.2. The van der Waals surface area contributed by atoms with Gasteiger partial charge in [0.1, 0.15) is 12.1 Å². The number of ether oxygens (including phenoxy) is 1. The van der Waals surface area contributed by atoms with E-state index < -0.39 is 0 Å². The Kier molecular flexibility index (Phi) is 10.1. The normalized spacial score (nSPS) is 17.1. The standard InChI is InChI=1S/C27H39N3O2/c1-22(2)21-30-18-4-3-15-26(30)27(31)32-25(13-5-9-23-11-7-16-28-19-23)14-6-10-24-12-8-17-29-20-24/h7-8,11-12,16-17,19-20,22,25-26H,3-6,9-10,13-15,18,21H2,1-2H3. The molecule has 0 aliphatic carbocycles. The van der Waals surface area contributed by atoms with Crippen LogP contribution in [0.25, 0.3) is 0 Å². The van der Waals surface area contributed by atoms with E-state index >= 15 is 0 Å². The lowest BCUT2D eigenvalue weighted by Crippen LogP contribution is -2.47. The molecule has 1 saturated heterocycles. The Morgan fingerprint density at radius 2 is 1.66 bits per heavy atom. The van der Waals surface area contributed by atoms with Gasteiger partial charge in [-0.2, -0.15) is 0 Å². The van der Waals surface area contributed by atoms with Crippen LogP contribution in [0.5, 0.6) is 0 Å². The molecule has 1 aliphatic heterocycles. The molecule has 1 fully saturated rings. The summed E-state index contributed by atoms with van der Waals surface area (Å²) in [6.45, 7) is 6.41. The highest BCUT2D eigenvalue weighted by Crippen LogP contribution is 2.22. The molecule has 0 aromatic carbocycles. The fourth-order valence-electron chi connectivity index (χ4n) is 4.61. The lowest BCUT2D eigenvalue weighted by atomic mass is 9.99. The minimum atomic E-state index is -0.0784. The average molecular weight is 438 g/mol. The lowest BCUT2D eigenvalue weighted by Gasteiger charge is -2.36. The van der Waals surface area contributed by atoms with E-state index in [0.717, 1.165) is 64.5 Å². The Bertz CT molecular complexity index is 737. The predicted octanol–water partition coefficient (Wildman–Crippen LogP) is 5.24. The summed E-state index contributed by atoms with van der Waals surface area (Å²) in [5.74, 6) is 0.538. The molecule has 174 valence electrons. The Balaban J connectivity index is 1.55. The van der Waals surface area contributed by atoms with E-state index in [-0.39, 0.29) is 18.1 Å². The summed E-state index contributed by atoms with van der Waals surface area (Å²) in [7, 11) is 0. The number of rotatable bonds is 12. The quantitative estimate of drug-likeness (QED) is 0.425. The Labute approximate surface area is 193 Å². The molecule has 32 heavy (non-hydrogen) atoms. The van der Waals surface area contributed by atoms with Crippen molar-refractivity contribution in [1.29, 1.82) is 0 Å². The van der Waals surface area contributed by atoms with Gasteiger partial charge in [-0.3, -0.25) is 19.7 Å². The van der Waals surface area contributed by atoms with Gasteiger partial charge in [0.15, 0.2) is 0 Å². The van der Waals surface area contributed by atoms with Crippen molar-refractivity contribution in [3.8, 4) is 0 Å². The number of aryl methyl sites for hydroxylation is 2. The highest BCUT2D eigenvalue weighted by molar-refractivity contribution is 5.76. The van der Waals surface area contributed by atoms with E-state index in [2.05, 4.69) is 40.8 Å². The number of likely N-dealkylation sites (tertiary alicyclic amines) is 1. The number of esters is 1. The molecular formula is C27H39N3O2. The summed E-state index contributed by atoms with van der Waals surface area (Å²) >= 11 is 0. The minimum absolute atomic E-state index is 0.0156. The molecule has 5 heteroatoms. The highest BCUT2D eigenvalue weighted by Gasteiger charge is 2.31. The number of nitrogens with zero attached hydrogens (tertiary/aromatic N) is 3. The first-order valence-electron chi connectivity index (χ1n) is 12.3. The van der Waals surface area contributed by atoms with Gasteiger partial charge in [-0.25, -0.2) is 0 Å². The van der Waals surface area contributed by atoms with Crippen LogP contribution in [0.1, 0.15) is 69.9 Å². The molecule has 0 saturated carbocycles. The monoisotopic (exact) mass is 437 g/mol. The van der Waals surface area contributed by atoms with Crippen LogP contribution in [0.3, 0.4) is 0 Å². The third-order valence-corrected chi connectivity index (χ3v) is 6.20. The summed E-state index contributed by atoms with van der Waals surface area (Å²) in [6.07, 6.45) is 16.4. The second-order valence-electron chi connectivity index (χ2n) is 9.47. The molecule has 0 radical (unpaired) electrons. The fourth-order valence-corrected chi connectivity index (χ4v) is 4.61. The SMILES string of the molecule is CC(C)CN1CCCCC1C(=O)OC(CCCc1cccnc1)CCCc1cccnc1. The second kappa shape index (κ2) is 13.3. The minimum Gasteiger partial charge on any atom is -0.461 e. The summed E-state index contributed by atoms with van der Waals surface area (Å²) in [5, 5.41) is 0. The first-order valence-corrected chi connectivity index (χ1v) is 12.3. The first kappa shape index (κ1) is 24.4. The Hall–Kier alpha value is -2.27. The van der Waals surface area contributed by atoms with Crippen LogP contribution in [-0.2, 0) is 22.4 Å². The lowest BCUT2D eigenvalue weighted by molar-refractivity contribution is -0.158. The number of hydrogen-bond donors (Lipinski definition) is 0. The third kappa shape index (κ3) is 8.34. The number of pyridine rings is 2. The zero-order valence-electron chi connectivity index (χ0n) is 19.8. The van der Waals surface area contributed by atoms with Gasteiger partial charge in [0.25, 0.3) is 0 Å². The second-order valence-corrected chi connectivity index (χ2v) is 9.47. The van der Waals surface area contributed by atoms with Crippen molar-refractivity contribution in [1.82, 2.24) is 14.9 Å². The van der Waals surface area contributed by atoms with Crippen molar-refractivity contribution in [2.45, 2.75) is 83.8 Å². The maximum atomic E-state index is 13.2. The molecule has 3 rings (SSSR count). The van der Waals surface area contributed by atoms with Gasteiger partial charge in [-0.05, 0) is 87.1 Å². The number of aromatic nitrogens is 2. The van der Waals surface area contributed by atoms with Gasteiger partial charge in [0.05, 0.1) is 0 Å². The van der Waals surface area contributed by atoms with E-state index in [4.69, 9.17) is 4.74 Å². The summed E-state index contributed by atoms with van der Waals surface area (Å²) in [6, 6.07) is 8.11. The molecule has 2 aromatic rings. The van der Waals surface area contributed by atoms with Crippen molar-refractivity contribution in [3.63, 3.8) is 0 Å². The zero-order valence-corrected chi connectivity index (χ0v) is 19.8. The largest absolute Gasteiger partial charge is 0.461 e. The van der Waals surface area contributed by atoms with Gasteiger partial charge >= 0.3 is 5.97 Å². The van der Waals surface area contributed by atoms with Crippen LogP contribution in [-0.4, -0.2) is 46.1 Å². The summed E-state index contributed by atoms with van der Waals surface area (Å²) in [5.41, 5.74) is 2.48. The van der Waals surface area contributed by atoms with Gasteiger partial charge < -0.3 is 4.74 Å². The number of carbonyl (C=O) groups is 1. The molecule has 2 aromatic heterocycles. The van der Waals surface area contributed by atoms with E-state index in [0.29, 0.717) is 5.92 Å². The first-order chi connectivity index (χ1) is 15.6. The van der Waals surface area contributed by atoms with Crippen LogP contribution < -0.4 is 0 Å². The molecule has 0 N–H and O–H groups in total. The van der Waals surface area contributed by atoms with Gasteiger partial charge in [-0.1, -0.05) is 32.4 Å². The maximum Gasteiger partial charge on any atom is 0.323 e. The van der Waals surface area contributed by atoms with E-state index in [9.17, 15) is 4.79 Å². The number of carbonyl (C=O) groups excluding carboxylic acids is 1. The van der Waals surface area contributed by atoms with Crippen LogP contribution in [0.15, 0.2) is 49.1 Å². The fraction of sp³-hybridized carbons (Fsp3) is 0.593. The van der Waals surface area contributed by atoms with Crippen LogP contribution >= 0.6 is 0 Å². The summed E-state index contributed by atoms with van der Waals surface area (Å²) < 4.78 is 6.17. The smallest absolute Gasteiger partial charge is 0.323 e. The number of piperidine rings is 1. The van der Waals surface area contributed by atoms with Crippen molar-refractivity contribution >= 4 is 5.97 Å². The Morgan fingerprint density at radius 1 is 1.03 bits per heavy atom. The van der Waals surface area contributed by atoms with Crippen LogP contribution in [0.2, 0.25) is 0 Å². The van der Waals surface area contributed by atoms with Gasteiger partial charge in [-0.15, -0.1) is 0 Å². The topological polar surface area (TPSA) is 55.3 Å². The molecule has 0 bridgehead atoms. The van der Waals surface area contributed by atoms with E-state index in [1.165, 1.54) is 17.5 Å². The highest BCUT2D eigenvalue weighted by atomic mass is 16.5. The van der Waals surface area contributed by atoms with Crippen LogP contribution in [0.4, 0.5) is 0 Å². The average Bonchev–Trinajstić information content (AvgIpc) is 2.80. The molecule has 0 spiro atoms. The van der Waals surface area contributed by atoms with E-state index in [1.807, 2.05) is 24.5 Å². The van der Waals surface area contributed by atoms with Crippen molar-refractivity contribution < 1.29 is 9.53 Å². The molecule has 1 aliphatic rings. The predicted molar refractivity (Wildman–Crippen MR) is 128 cm³/mol. The summed E-state index contributed by atoms with van der Waals surface area (Å²) in [4.78, 5) is 23.9. The number of hydrogen-bond acceptors (Lipinski definition) is 5. The van der Waals surface area contributed by atoms with Gasteiger partial charge in [0.2, 0.25) is 0 Å². The van der Waals surface area contributed by atoms with Crippen molar-refractivity contribution in [2.24, 2.45) is 5.92 Å². The molecule has 0 amide bonds. The molecule has 3 heterocycles. The zero-order chi connectivity index (χ0) is 22.6. The van der Waals surface area contributed by atoms with Crippen molar-refractivity contribution in [3.05, 3.63) is 60.2 Å². The van der Waals surface area contributed by atoms with Gasteiger partial charge in [0, 0.05) is 31.3 Å². The molecule has 1 atom stereocenters. The third-order valence-electron chi connectivity index (χ3n) is 6.20. The molecule has 1 unspecified atom stereocenters. The van der Waals surface area contributed by atoms with Crippen LogP contribution in [0, 0.1) is 5.92 Å².